The highest BCUT2D eigenvalue weighted by Gasteiger charge is 2.24. The van der Waals surface area contributed by atoms with Crippen LogP contribution >= 0.6 is 57.1 Å². The molecule has 544 valence electrons. The van der Waals surface area contributed by atoms with Gasteiger partial charge in [0.05, 0.1) is 100 Å². The summed E-state index contributed by atoms with van der Waals surface area (Å²) in [6.45, 7) is 12.1. The van der Waals surface area contributed by atoms with Gasteiger partial charge in [0.2, 0.25) is 49.1 Å². The van der Waals surface area contributed by atoms with Crippen LogP contribution in [-0.2, 0) is 49.1 Å². The van der Waals surface area contributed by atoms with Crippen LogP contribution < -0.4 is 30.4 Å². The van der Waals surface area contributed by atoms with Crippen molar-refractivity contribution in [1.29, 1.82) is 0 Å². The molecule has 0 fully saturated rings. The number of carboxylic acid groups (broad SMARTS) is 2. The highest BCUT2D eigenvalue weighted by atomic mass is 35.7. The van der Waals surface area contributed by atoms with E-state index in [-0.39, 0.29) is 89.0 Å². The molecule has 10 N–H and O–H groups in total. The number of Topliss-reactive ketones (excluding diaryl/α,β-unsaturated/α-hetero) is 3. The maximum absolute atomic E-state index is 13.9. The van der Waals surface area contributed by atoms with Gasteiger partial charge in [-0.25, -0.2) is 78.0 Å². The first-order valence-electron chi connectivity index (χ1n) is 28.0. The number of halogens is 11. The number of aromatic carboxylic acids is 2. The molecule has 0 spiro atoms. The lowest BCUT2D eigenvalue weighted by Crippen LogP contribution is -2.18. The van der Waals surface area contributed by atoms with Crippen LogP contribution in [0, 0.1) is 34.9 Å². The van der Waals surface area contributed by atoms with Crippen LogP contribution in [0.25, 0.3) is 0 Å². The Kier molecular flexibility index (Phi) is 39.0. The lowest BCUT2D eigenvalue weighted by atomic mass is 10.1. The van der Waals surface area contributed by atoms with E-state index >= 15 is 0 Å². The fraction of sp³-hybridized carbons (Fsp3) is 0.305. The minimum atomic E-state index is -3.69. The zero-order valence-electron chi connectivity index (χ0n) is 53.1. The smallest absolute Gasteiger partial charge is 0.340 e. The average Bonchev–Trinajstić information content (AvgIpc) is 0.836. The number of carbonyl (C=O) groups is 5. The van der Waals surface area contributed by atoms with Gasteiger partial charge in [-0.1, -0.05) is 93.2 Å². The van der Waals surface area contributed by atoms with Crippen molar-refractivity contribution >= 4 is 170 Å². The summed E-state index contributed by atoms with van der Waals surface area (Å²) >= 11 is 22.2. The number of nitrogens with one attached hydrogen (secondary N) is 4. The zero-order valence-corrected chi connectivity index (χ0v) is 61.0. The largest absolute Gasteiger partial charge is 0.478 e. The van der Waals surface area contributed by atoms with Crippen LogP contribution in [0.2, 0.25) is 20.1 Å². The van der Waals surface area contributed by atoms with Crippen molar-refractivity contribution in [3.8, 4) is 0 Å². The van der Waals surface area contributed by atoms with E-state index in [1.807, 2.05) is 9.44 Å². The van der Waals surface area contributed by atoms with E-state index in [1.54, 1.807) is 40.7 Å². The Hall–Kier alpha value is -7.15. The molecule has 6 aromatic carbocycles. The van der Waals surface area contributed by atoms with Gasteiger partial charge < -0.3 is 21.7 Å². The van der Waals surface area contributed by atoms with Crippen LogP contribution in [0.1, 0.15) is 139 Å². The summed E-state index contributed by atoms with van der Waals surface area (Å²) in [5.74, 6) is -10.2. The molecule has 6 rings (SSSR count). The lowest BCUT2D eigenvalue weighted by molar-refractivity contribution is 0.0681. The highest BCUT2D eigenvalue weighted by molar-refractivity contribution is 8.13. The number of rotatable bonds is 23. The number of carboxylic acids is 2. The van der Waals surface area contributed by atoms with Crippen LogP contribution in [0.4, 0.5) is 60.5 Å². The normalized spacial score (nSPS) is 11.0. The number of benzene rings is 6. The molecule has 0 radical (unpaired) electrons. The summed E-state index contributed by atoms with van der Waals surface area (Å²) in [6, 6.07) is 19.1. The molecule has 23 nitrogen and oxygen atoms in total. The molecular formula is C59H69Cl5F6N6O17S5. The zero-order chi connectivity index (χ0) is 76.0. The lowest BCUT2D eigenvalue weighted by Gasteiger charge is -2.10. The van der Waals surface area contributed by atoms with Crippen LogP contribution in [0.5, 0.6) is 0 Å². The minimum absolute atomic E-state index is 0.0431. The first kappa shape index (κ1) is 90.8. The summed E-state index contributed by atoms with van der Waals surface area (Å²) in [6.07, 6.45) is 2.17. The van der Waals surface area contributed by atoms with Gasteiger partial charge in [0, 0.05) is 15.7 Å². The third-order valence-electron chi connectivity index (χ3n) is 11.2. The van der Waals surface area contributed by atoms with Crippen LogP contribution in [0.3, 0.4) is 0 Å². The van der Waals surface area contributed by atoms with E-state index in [9.17, 15) is 92.4 Å². The summed E-state index contributed by atoms with van der Waals surface area (Å²) in [5.41, 5.74) is 7.33. The maximum atomic E-state index is 13.9. The second-order valence-electron chi connectivity index (χ2n) is 19.6. The van der Waals surface area contributed by atoms with Crippen molar-refractivity contribution in [3.63, 3.8) is 0 Å². The molecule has 39 heteroatoms. The van der Waals surface area contributed by atoms with Crippen molar-refractivity contribution in [2.24, 2.45) is 0 Å². The first-order chi connectivity index (χ1) is 45.1. The van der Waals surface area contributed by atoms with Crippen LogP contribution in [0.15, 0.2) is 91.0 Å². The van der Waals surface area contributed by atoms with E-state index < -0.39 is 130 Å². The summed E-state index contributed by atoms with van der Waals surface area (Å²) in [5, 5.41) is 17.6. The number of hydrogen-bond acceptors (Lipinski definition) is 17. The second-order valence-corrected chi connectivity index (χ2v) is 31.5. The fourth-order valence-corrected chi connectivity index (χ4v) is 13.4. The molecule has 0 unspecified atom stereocenters. The predicted octanol–water partition coefficient (Wildman–Crippen LogP) is 14.3. The van der Waals surface area contributed by atoms with Gasteiger partial charge in [-0.15, -0.1) is 0 Å². The maximum Gasteiger partial charge on any atom is 0.340 e. The molecule has 0 heterocycles. The molecule has 0 saturated heterocycles. The van der Waals surface area contributed by atoms with Crippen molar-refractivity contribution in [3.05, 3.63) is 174 Å². The first-order valence-corrected chi connectivity index (χ1v) is 38.6. The van der Waals surface area contributed by atoms with Gasteiger partial charge in [0.1, 0.15) is 11.4 Å². The molecule has 0 bridgehead atoms. The molecule has 0 saturated carbocycles. The van der Waals surface area contributed by atoms with E-state index in [1.165, 1.54) is 80.6 Å². The topological polar surface area (TPSA) is 397 Å². The van der Waals surface area contributed by atoms with Gasteiger partial charge in [-0.2, -0.15) is 0 Å². The molecule has 0 aliphatic carbocycles. The quantitative estimate of drug-likeness (QED) is 0.0128. The molecule has 6 aromatic rings. The minimum Gasteiger partial charge on any atom is -0.478 e. The van der Waals surface area contributed by atoms with Crippen LogP contribution in [-0.4, -0.2) is 110 Å². The van der Waals surface area contributed by atoms with Gasteiger partial charge in [-0.05, 0) is 132 Å². The fourth-order valence-electron chi connectivity index (χ4n) is 7.03. The highest BCUT2D eigenvalue weighted by Crippen LogP contribution is 2.29. The van der Waals surface area contributed by atoms with Crippen molar-refractivity contribution in [2.75, 3.05) is 59.1 Å². The summed E-state index contributed by atoms with van der Waals surface area (Å²) < 4.78 is 200. The van der Waals surface area contributed by atoms with Crippen molar-refractivity contribution in [1.82, 2.24) is 0 Å². The van der Waals surface area contributed by atoms with Gasteiger partial charge in [0.15, 0.2) is 46.4 Å². The standard InChI is InChI=1S/C11H13ClFNO3S.C11H14FNO3S.C10H11ClFNO4S.C10H12FNO4S.C8H7ClFNO.C6H5ClFN.C3H7ClO2S/c1-3-6-18(16,17)14-9-5-4-8(12)10(7(2)15)11(9)13;1-3-7-17(15,16)13-10-6-4-5-9(8(2)14)11(10)12;1-2-5-18(16,17)13-7-4-3-6(11)8(9(7)12)10(14)15;1-2-6-17(15,16)12-8-5-3-4-7(9(8)11)10(13)14;1-4(12)7-5(9)2-3-6(11)8(7)10;7-4-1-2-6(9)5(8)3-4;1-2-3-7(4,5)6/h4-5,14H,3,6H2,1-2H3;4-6,13H,3,7H2,1-2H3;3-4,13H,2,5H2,1H3,(H,14,15);3-5,12H,2,6H2,1H3,(H,13,14);2-3H,11H2,1H3;1-3H,9H2;2-3H2,1H3. The van der Waals surface area contributed by atoms with E-state index in [0.717, 1.165) is 25.1 Å². The number of ketones is 3. The monoisotopic (exact) mass is 1580 g/mol. The Labute approximate surface area is 588 Å². The molecule has 0 aliphatic rings. The second kappa shape index (κ2) is 42.1. The Balaban J connectivity index is 0.00000114. The predicted molar refractivity (Wildman–Crippen MR) is 372 cm³/mol. The third kappa shape index (κ3) is 32.7. The van der Waals surface area contributed by atoms with Crippen molar-refractivity contribution < 1.29 is 103 Å². The Morgan fingerprint density at radius 2 is 0.714 bits per heavy atom. The Morgan fingerprint density at radius 1 is 0.398 bits per heavy atom. The summed E-state index contributed by atoms with van der Waals surface area (Å²) in [4.78, 5) is 54.6. The molecular weight excluding hydrogens is 1520 g/mol. The molecule has 98 heavy (non-hydrogen) atoms. The number of sulfonamides is 4. The van der Waals surface area contributed by atoms with E-state index in [0.29, 0.717) is 37.1 Å². The number of hydrogen-bond donors (Lipinski definition) is 8. The summed E-state index contributed by atoms with van der Waals surface area (Å²) in [7, 11) is -12.9. The Bertz CT molecular complexity index is 4200. The van der Waals surface area contributed by atoms with Gasteiger partial charge in [-0.3, -0.25) is 33.3 Å². The molecule has 0 aromatic heterocycles. The Morgan fingerprint density at radius 3 is 1.01 bits per heavy atom. The van der Waals surface area contributed by atoms with Crippen molar-refractivity contribution in [2.45, 2.75) is 87.5 Å². The molecule has 0 aliphatic heterocycles. The number of nitrogens with two attached hydrogens (primary N) is 2. The number of nitrogen functional groups attached to an aromatic ring is 2. The SMILES string of the molecule is CC(=O)c1c(Cl)ccc(N)c1F.CCCS(=O)(=O)Cl.CCCS(=O)(=O)Nc1ccc(Cl)c(C(=O)O)c1F.CCCS(=O)(=O)Nc1ccc(Cl)c(C(C)=O)c1F.CCCS(=O)(=O)Nc1cccc(C(=O)O)c1F.CCCS(=O)(=O)Nc1cccc(C(C)=O)c1F.Nc1ccc(Cl)cc1F. The number of carbonyl (C=O) groups excluding carboxylic acids is 3. The van der Waals surface area contributed by atoms with E-state index in [4.69, 9.17) is 78.8 Å². The number of anilines is 6. The van der Waals surface area contributed by atoms with E-state index in [2.05, 4.69) is 9.44 Å². The average molecular weight is 1590 g/mol. The van der Waals surface area contributed by atoms with Gasteiger partial charge >= 0.3 is 11.9 Å². The molecule has 0 atom stereocenters. The molecule has 0 amide bonds. The van der Waals surface area contributed by atoms with Gasteiger partial charge in [0.25, 0.3) is 0 Å². The third-order valence-corrected chi connectivity index (χ3v) is 19.6.